The number of carbonyl (C=O) groups excluding carboxylic acids is 1. The molecule has 0 saturated heterocycles. The third kappa shape index (κ3) is 5.04. The van der Waals surface area contributed by atoms with Crippen molar-refractivity contribution in [3.63, 3.8) is 0 Å². The topological polar surface area (TPSA) is 74.2 Å². The van der Waals surface area contributed by atoms with Crippen LogP contribution in [-0.2, 0) is 5.41 Å². The number of amides is 2. The molecule has 0 aliphatic heterocycles. The Morgan fingerprint density at radius 1 is 1.29 bits per heavy atom. The van der Waals surface area contributed by atoms with Crippen LogP contribution in [0, 0.1) is 0 Å². The number of carbonyl (C=O) groups is 1. The van der Waals surface area contributed by atoms with Gasteiger partial charge in [0, 0.05) is 18.1 Å². The average Bonchev–Trinajstić information content (AvgIpc) is 3.06. The number of benzene rings is 1. The lowest BCUT2D eigenvalue weighted by Gasteiger charge is -2.20. The first-order chi connectivity index (χ1) is 11.3. The Balaban J connectivity index is 1.84. The van der Waals surface area contributed by atoms with E-state index in [1.165, 1.54) is 16.9 Å². The first kappa shape index (κ1) is 18.4. The summed E-state index contributed by atoms with van der Waals surface area (Å²) in [6, 6.07) is 7.37. The van der Waals surface area contributed by atoms with Gasteiger partial charge < -0.3 is 15.7 Å². The molecule has 6 heteroatoms. The highest BCUT2D eigenvalue weighted by molar-refractivity contribution is 7.09. The predicted octanol–water partition coefficient (Wildman–Crippen LogP) is 3.53. The fourth-order valence-electron chi connectivity index (χ4n) is 2.27. The number of urea groups is 1. The Kier molecular flexibility index (Phi) is 5.96. The maximum absolute atomic E-state index is 11.9. The third-order valence-electron chi connectivity index (χ3n) is 3.79. The van der Waals surface area contributed by atoms with E-state index in [4.69, 9.17) is 0 Å². The molecule has 0 unspecified atom stereocenters. The van der Waals surface area contributed by atoms with E-state index in [9.17, 15) is 9.90 Å². The predicted molar refractivity (Wildman–Crippen MR) is 97.2 cm³/mol. The monoisotopic (exact) mass is 347 g/mol. The number of hydrogen-bond acceptors (Lipinski definition) is 4. The molecule has 0 radical (unpaired) electrons. The van der Waals surface area contributed by atoms with Gasteiger partial charge in [-0.25, -0.2) is 9.78 Å². The molecule has 0 spiro atoms. The molecule has 130 valence electrons. The van der Waals surface area contributed by atoms with E-state index in [-0.39, 0.29) is 24.0 Å². The van der Waals surface area contributed by atoms with Gasteiger partial charge in [-0.3, -0.25) is 0 Å². The fraction of sp³-hybridized carbons (Fsp3) is 0.444. The first-order valence-electron chi connectivity index (χ1n) is 7.99. The molecule has 0 saturated carbocycles. The van der Waals surface area contributed by atoms with Crippen molar-refractivity contribution in [3.8, 4) is 0 Å². The normalized spacial score (nSPS) is 14.0. The lowest BCUT2D eigenvalue weighted by atomic mass is 9.86. The summed E-state index contributed by atoms with van der Waals surface area (Å²) in [5, 5.41) is 18.5. The molecule has 0 fully saturated rings. The zero-order valence-electron chi connectivity index (χ0n) is 14.5. The van der Waals surface area contributed by atoms with Crippen LogP contribution in [0.1, 0.15) is 56.0 Å². The van der Waals surface area contributed by atoms with E-state index < -0.39 is 6.10 Å². The standard InChI is InChI=1S/C18H25N3O2S/c1-12(16-19-9-10-24-16)21-17(23)20-11-15(22)13-5-7-14(8-6-13)18(2,3)4/h5-10,12,15,22H,11H2,1-4H3,(H2,20,21,23)/t12-,15+/m1/s1. The molecule has 0 aliphatic rings. The Hall–Kier alpha value is -1.92. The summed E-state index contributed by atoms with van der Waals surface area (Å²) in [5.41, 5.74) is 2.07. The van der Waals surface area contributed by atoms with Crippen LogP contribution in [0.2, 0.25) is 0 Å². The van der Waals surface area contributed by atoms with Crippen molar-refractivity contribution in [2.45, 2.75) is 45.3 Å². The molecular formula is C18H25N3O2S. The second-order valence-electron chi connectivity index (χ2n) is 6.83. The van der Waals surface area contributed by atoms with Crippen LogP contribution in [0.4, 0.5) is 4.79 Å². The van der Waals surface area contributed by atoms with Gasteiger partial charge >= 0.3 is 6.03 Å². The number of rotatable bonds is 5. The van der Waals surface area contributed by atoms with Crippen LogP contribution >= 0.6 is 11.3 Å². The highest BCUT2D eigenvalue weighted by Crippen LogP contribution is 2.23. The van der Waals surface area contributed by atoms with Gasteiger partial charge in [-0.1, -0.05) is 45.0 Å². The van der Waals surface area contributed by atoms with Crippen molar-refractivity contribution >= 4 is 17.4 Å². The van der Waals surface area contributed by atoms with Gasteiger partial charge in [-0.2, -0.15) is 0 Å². The molecule has 2 atom stereocenters. The largest absolute Gasteiger partial charge is 0.387 e. The summed E-state index contributed by atoms with van der Waals surface area (Å²) in [5.74, 6) is 0. The van der Waals surface area contributed by atoms with Gasteiger partial charge in [-0.15, -0.1) is 11.3 Å². The van der Waals surface area contributed by atoms with E-state index in [2.05, 4.69) is 36.4 Å². The quantitative estimate of drug-likeness (QED) is 0.774. The van der Waals surface area contributed by atoms with Crippen LogP contribution in [0.25, 0.3) is 0 Å². The van der Waals surface area contributed by atoms with E-state index in [0.717, 1.165) is 10.6 Å². The van der Waals surface area contributed by atoms with Gasteiger partial charge in [0.25, 0.3) is 0 Å². The Morgan fingerprint density at radius 3 is 2.50 bits per heavy atom. The van der Waals surface area contributed by atoms with Crippen LogP contribution in [-0.4, -0.2) is 22.7 Å². The maximum atomic E-state index is 11.9. The molecule has 0 aliphatic carbocycles. The van der Waals surface area contributed by atoms with Crippen molar-refractivity contribution < 1.29 is 9.90 Å². The van der Waals surface area contributed by atoms with Crippen molar-refractivity contribution in [3.05, 3.63) is 52.0 Å². The van der Waals surface area contributed by atoms with Crippen LogP contribution in [0.15, 0.2) is 35.8 Å². The molecule has 2 aromatic rings. The zero-order chi connectivity index (χ0) is 17.7. The molecule has 0 bridgehead atoms. The smallest absolute Gasteiger partial charge is 0.315 e. The van der Waals surface area contributed by atoms with Crippen LogP contribution < -0.4 is 10.6 Å². The minimum absolute atomic E-state index is 0.0770. The first-order valence-corrected chi connectivity index (χ1v) is 8.87. The number of aromatic nitrogens is 1. The Labute approximate surface area is 147 Å². The molecule has 1 heterocycles. The van der Waals surface area contributed by atoms with E-state index in [1.807, 2.05) is 36.6 Å². The number of thiazole rings is 1. The zero-order valence-corrected chi connectivity index (χ0v) is 15.4. The van der Waals surface area contributed by atoms with Gasteiger partial charge in [0.05, 0.1) is 12.1 Å². The van der Waals surface area contributed by atoms with Gasteiger partial charge in [0.1, 0.15) is 5.01 Å². The Morgan fingerprint density at radius 2 is 1.96 bits per heavy atom. The average molecular weight is 347 g/mol. The van der Waals surface area contributed by atoms with E-state index in [0.29, 0.717) is 0 Å². The summed E-state index contributed by atoms with van der Waals surface area (Å²) >= 11 is 1.49. The van der Waals surface area contributed by atoms with Crippen LogP contribution in [0.3, 0.4) is 0 Å². The van der Waals surface area contributed by atoms with Crippen molar-refractivity contribution in [1.82, 2.24) is 15.6 Å². The molecule has 1 aromatic heterocycles. The number of hydrogen-bond donors (Lipinski definition) is 3. The molecule has 2 amide bonds. The highest BCUT2D eigenvalue weighted by atomic mass is 32.1. The van der Waals surface area contributed by atoms with Crippen LogP contribution in [0.5, 0.6) is 0 Å². The highest BCUT2D eigenvalue weighted by Gasteiger charge is 2.16. The number of nitrogens with one attached hydrogen (secondary N) is 2. The van der Waals surface area contributed by atoms with Gasteiger partial charge in [0.2, 0.25) is 0 Å². The Bertz CT molecular complexity index is 648. The second-order valence-corrected chi connectivity index (χ2v) is 7.76. The lowest BCUT2D eigenvalue weighted by molar-refractivity contribution is 0.172. The second kappa shape index (κ2) is 7.77. The SMILES string of the molecule is C[C@@H](NC(=O)NC[C@H](O)c1ccc(C(C)(C)C)cc1)c1nccs1. The number of aliphatic hydroxyl groups is 1. The van der Waals surface area contributed by atoms with Gasteiger partial charge in [-0.05, 0) is 23.5 Å². The summed E-state index contributed by atoms with van der Waals surface area (Å²) in [4.78, 5) is 16.1. The number of aliphatic hydroxyl groups excluding tert-OH is 1. The minimum atomic E-state index is -0.736. The summed E-state index contributed by atoms with van der Waals surface area (Å²) in [6.07, 6.45) is 0.973. The molecule has 3 N–H and O–H groups in total. The minimum Gasteiger partial charge on any atom is -0.387 e. The number of nitrogens with zero attached hydrogens (tertiary/aromatic N) is 1. The third-order valence-corrected chi connectivity index (χ3v) is 4.75. The summed E-state index contributed by atoms with van der Waals surface area (Å²) in [6.45, 7) is 8.47. The summed E-state index contributed by atoms with van der Waals surface area (Å²) in [7, 11) is 0. The van der Waals surface area contributed by atoms with E-state index in [1.54, 1.807) is 6.20 Å². The van der Waals surface area contributed by atoms with Crippen molar-refractivity contribution in [2.75, 3.05) is 6.54 Å². The summed E-state index contributed by atoms with van der Waals surface area (Å²) < 4.78 is 0. The molecule has 1 aromatic carbocycles. The van der Waals surface area contributed by atoms with Crippen molar-refractivity contribution in [1.29, 1.82) is 0 Å². The lowest BCUT2D eigenvalue weighted by Crippen LogP contribution is -2.39. The maximum Gasteiger partial charge on any atom is 0.315 e. The molecule has 24 heavy (non-hydrogen) atoms. The molecular weight excluding hydrogens is 322 g/mol. The molecule has 2 rings (SSSR count). The van der Waals surface area contributed by atoms with E-state index >= 15 is 0 Å². The fourth-order valence-corrected chi connectivity index (χ4v) is 2.92. The van der Waals surface area contributed by atoms with Gasteiger partial charge in [0.15, 0.2) is 0 Å². The van der Waals surface area contributed by atoms with Crippen molar-refractivity contribution in [2.24, 2.45) is 0 Å². The molecule has 5 nitrogen and oxygen atoms in total.